The summed E-state index contributed by atoms with van der Waals surface area (Å²) in [5, 5.41) is 11.4. The molecule has 0 atom stereocenters. The molecule has 0 heterocycles. The van der Waals surface area contributed by atoms with E-state index in [-0.39, 0.29) is 17.8 Å². The van der Waals surface area contributed by atoms with Gasteiger partial charge in [-0.15, -0.1) is 0 Å². The van der Waals surface area contributed by atoms with Crippen LogP contribution in [0, 0.1) is 11.6 Å². The number of carbonyl (C=O) groups is 2. The molecule has 0 aliphatic carbocycles. The molecule has 5 nitrogen and oxygen atoms in total. The Morgan fingerprint density at radius 2 is 1.79 bits per heavy atom. The first-order valence-corrected chi connectivity index (χ1v) is 6.89. The molecule has 24 heavy (non-hydrogen) atoms. The largest absolute Gasteiger partial charge is 0.481 e. The second-order valence-corrected chi connectivity index (χ2v) is 4.98. The van der Waals surface area contributed by atoms with Crippen molar-refractivity contribution in [2.45, 2.75) is 6.42 Å². The Balaban J connectivity index is 2.08. The summed E-state index contributed by atoms with van der Waals surface area (Å²) in [6.45, 7) is 0. The zero-order chi connectivity index (χ0) is 17.7. The minimum Gasteiger partial charge on any atom is -0.481 e. The van der Waals surface area contributed by atoms with Gasteiger partial charge in [0.25, 0.3) is 0 Å². The van der Waals surface area contributed by atoms with Crippen molar-refractivity contribution in [3.05, 3.63) is 77.1 Å². The Morgan fingerprint density at radius 3 is 2.38 bits per heavy atom. The van der Waals surface area contributed by atoms with Gasteiger partial charge >= 0.3 is 5.97 Å². The molecule has 0 saturated carbocycles. The Bertz CT molecular complexity index is 802. The lowest BCUT2D eigenvalue weighted by Gasteiger charge is -2.07. The number of aliphatic carboxylic acids is 1. The number of nitrogens with two attached hydrogens (primary N) is 1. The van der Waals surface area contributed by atoms with Crippen molar-refractivity contribution in [2.75, 3.05) is 5.32 Å². The molecular formula is C17H14F2N2O3. The van der Waals surface area contributed by atoms with E-state index in [1.54, 1.807) is 24.3 Å². The maximum absolute atomic E-state index is 13.5. The Kier molecular flexibility index (Phi) is 5.26. The normalized spacial score (nSPS) is 11.2. The zero-order valence-corrected chi connectivity index (χ0v) is 12.4. The summed E-state index contributed by atoms with van der Waals surface area (Å²) in [6, 6.07) is 9.04. The predicted molar refractivity (Wildman–Crippen MR) is 84.4 cm³/mol. The number of allylic oxidation sites excluding steroid dienone is 1. The van der Waals surface area contributed by atoms with Crippen molar-refractivity contribution in [1.29, 1.82) is 0 Å². The third-order valence-corrected chi connectivity index (χ3v) is 3.08. The topological polar surface area (TPSA) is 92.4 Å². The lowest BCUT2D eigenvalue weighted by Crippen LogP contribution is -2.12. The van der Waals surface area contributed by atoms with Gasteiger partial charge in [0, 0.05) is 17.8 Å². The van der Waals surface area contributed by atoms with Crippen LogP contribution in [0.25, 0.3) is 0 Å². The summed E-state index contributed by atoms with van der Waals surface area (Å²) < 4.78 is 26.4. The van der Waals surface area contributed by atoms with Crippen molar-refractivity contribution in [1.82, 2.24) is 0 Å². The fourth-order valence-electron chi connectivity index (χ4n) is 1.99. The summed E-state index contributed by atoms with van der Waals surface area (Å²) in [7, 11) is 0. The van der Waals surface area contributed by atoms with Crippen LogP contribution in [0.3, 0.4) is 0 Å². The first-order valence-electron chi connectivity index (χ1n) is 6.89. The minimum atomic E-state index is -0.970. The number of ketones is 1. The van der Waals surface area contributed by atoms with Crippen molar-refractivity contribution in [2.24, 2.45) is 5.73 Å². The molecule has 0 aliphatic rings. The Morgan fingerprint density at radius 1 is 1.12 bits per heavy atom. The highest BCUT2D eigenvalue weighted by Crippen LogP contribution is 2.13. The van der Waals surface area contributed by atoms with Gasteiger partial charge in [0.05, 0.1) is 12.0 Å². The number of carboxylic acid groups (broad SMARTS) is 1. The molecule has 7 heteroatoms. The van der Waals surface area contributed by atoms with Crippen LogP contribution in [-0.4, -0.2) is 16.9 Å². The van der Waals surface area contributed by atoms with Crippen LogP contribution in [-0.2, 0) is 11.2 Å². The predicted octanol–water partition coefficient (Wildman–Crippen LogP) is 2.69. The maximum atomic E-state index is 13.5. The number of hydrogen-bond acceptors (Lipinski definition) is 4. The average Bonchev–Trinajstić information content (AvgIpc) is 2.48. The van der Waals surface area contributed by atoms with Gasteiger partial charge in [-0.2, -0.15) is 0 Å². The van der Waals surface area contributed by atoms with Gasteiger partial charge in [-0.1, -0.05) is 12.1 Å². The molecule has 0 amide bonds. The number of anilines is 1. The molecular weight excluding hydrogens is 318 g/mol. The number of rotatable bonds is 6. The summed E-state index contributed by atoms with van der Waals surface area (Å²) >= 11 is 0. The summed E-state index contributed by atoms with van der Waals surface area (Å²) in [5.41, 5.74) is 6.53. The highest BCUT2D eigenvalue weighted by Gasteiger charge is 2.11. The Hall–Kier alpha value is -3.22. The number of halogens is 2. The van der Waals surface area contributed by atoms with Gasteiger partial charge in [0.15, 0.2) is 5.78 Å². The van der Waals surface area contributed by atoms with Gasteiger partial charge in [0.2, 0.25) is 0 Å². The quantitative estimate of drug-likeness (QED) is 0.559. The standard InChI is InChI=1S/C17H14F2N2O3/c18-11-3-6-13(14(19)8-11)15(22)9-16(20)21-12-4-1-10(2-5-12)7-17(23)24/h1-6,8-9,21H,7,20H2,(H,23,24). The second-order valence-electron chi connectivity index (χ2n) is 4.98. The van der Waals surface area contributed by atoms with E-state index in [1.165, 1.54) is 0 Å². The van der Waals surface area contributed by atoms with E-state index in [2.05, 4.69) is 5.32 Å². The van der Waals surface area contributed by atoms with E-state index in [4.69, 9.17) is 10.8 Å². The lowest BCUT2D eigenvalue weighted by atomic mass is 10.1. The van der Waals surface area contributed by atoms with Crippen LogP contribution in [0.15, 0.2) is 54.4 Å². The average molecular weight is 332 g/mol. The Labute approximate surface area is 136 Å². The number of carboxylic acids is 1. The molecule has 0 aliphatic heterocycles. The van der Waals surface area contributed by atoms with E-state index >= 15 is 0 Å². The van der Waals surface area contributed by atoms with Crippen LogP contribution in [0.2, 0.25) is 0 Å². The first kappa shape index (κ1) is 17.1. The molecule has 2 rings (SSSR count). The van der Waals surface area contributed by atoms with Gasteiger partial charge in [0.1, 0.15) is 17.5 Å². The third kappa shape index (κ3) is 4.64. The molecule has 0 aromatic heterocycles. The molecule has 124 valence electrons. The lowest BCUT2D eigenvalue weighted by molar-refractivity contribution is -0.136. The van der Waals surface area contributed by atoms with Crippen LogP contribution >= 0.6 is 0 Å². The second kappa shape index (κ2) is 7.36. The fraction of sp³-hybridized carbons (Fsp3) is 0.0588. The monoisotopic (exact) mass is 332 g/mol. The molecule has 0 fully saturated rings. The summed E-state index contributed by atoms with van der Waals surface area (Å²) in [6.07, 6.45) is 0.884. The van der Waals surface area contributed by atoms with E-state index in [9.17, 15) is 18.4 Å². The van der Waals surface area contributed by atoms with Gasteiger partial charge < -0.3 is 16.2 Å². The van der Waals surface area contributed by atoms with E-state index in [0.29, 0.717) is 17.3 Å². The summed E-state index contributed by atoms with van der Waals surface area (Å²) in [5.74, 6) is -3.43. The SMILES string of the molecule is NC(=CC(=O)c1ccc(F)cc1F)Nc1ccc(CC(=O)O)cc1. The van der Waals surface area contributed by atoms with Gasteiger partial charge in [-0.05, 0) is 29.8 Å². The molecule has 0 saturated heterocycles. The minimum absolute atomic E-state index is 0.0327. The van der Waals surface area contributed by atoms with Gasteiger partial charge in [-0.25, -0.2) is 8.78 Å². The molecule has 0 radical (unpaired) electrons. The summed E-state index contributed by atoms with van der Waals surface area (Å²) in [4.78, 5) is 22.5. The van der Waals surface area contributed by atoms with Crippen LogP contribution in [0.1, 0.15) is 15.9 Å². The van der Waals surface area contributed by atoms with Crippen LogP contribution < -0.4 is 11.1 Å². The van der Waals surface area contributed by atoms with Gasteiger partial charge in [-0.3, -0.25) is 9.59 Å². The third-order valence-electron chi connectivity index (χ3n) is 3.08. The number of nitrogens with one attached hydrogen (secondary N) is 1. The van der Waals surface area contributed by atoms with Crippen molar-refractivity contribution in [3.63, 3.8) is 0 Å². The van der Waals surface area contributed by atoms with Crippen molar-refractivity contribution >= 4 is 17.4 Å². The highest BCUT2D eigenvalue weighted by molar-refractivity contribution is 6.05. The number of hydrogen-bond donors (Lipinski definition) is 3. The highest BCUT2D eigenvalue weighted by atomic mass is 19.1. The molecule has 2 aromatic carbocycles. The fourth-order valence-corrected chi connectivity index (χ4v) is 1.99. The van der Waals surface area contributed by atoms with E-state index in [1.807, 2.05) is 0 Å². The number of carbonyl (C=O) groups excluding carboxylic acids is 1. The van der Waals surface area contributed by atoms with Crippen LogP contribution in [0.5, 0.6) is 0 Å². The smallest absolute Gasteiger partial charge is 0.307 e. The number of benzene rings is 2. The van der Waals surface area contributed by atoms with E-state index < -0.39 is 23.4 Å². The van der Waals surface area contributed by atoms with Crippen LogP contribution in [0.4, 0.5) is 14.5 Å². The molecule has 0 unspecified atom stereocenters. The molecule has 0 bridgehead atoms. The van der Waals surface area contributed by atoms with E-state index in [0.717, 1.165) is 18.2 Å². The first-order chi connectivity index (χ1) is 11.3. The molecule has 0 spiro atoms. The molecule has 2 aromatic rings. The maximum Gasteiger partial charge on any atom is 0.307 e. The molecule has 4 N–H and O–H groups in total. The van der Waals surface area contributed by atoms with Crippen molar-refractivity contribution < 1.29 is 23.5 Å². The van der Waals surface area contributed by atoms with Crippen molar-refractivity contribution in [3.8, 4) is 0 Å². The zero-order valence-electron chi connectivity index (χ0n) is 12.4.